The summed E-state index contributed by atoms with van der Waals surface area (Å²) in [5.74, 6) is -1.59. The van der Waals surface area contributed by atoms with E-state index in [4.69, 9.17) is 9.47 Å². The molecule has 1 saturated heterocycles. The number of rotatable bonds is 2. The second-order valence-corrected chi connectivity index (χ2v) is 10.9. The molecule has 2 N–H and O–H groups in total. The van der Waals surface area contributed by atoms with Gasteiger partial charge >= 0.3 is 0 Å². The zero-order valence-electron chi connectivity index (χ0n) is 18.2. The number of halogens is 1. The van der Waals surface area contributed by atoms with E-state index in [1.54, 1.807) is 13.8 Å². The summed E-state index contributed by atoms with van der Waals surface area (Å²) in [7, 11) is 0. The lowest BCUT2D eigenvalue weighted by Gasteiger charge is -2.60. The zero-order valence-corrected chi connectivity index (χ0v) is 18.2. The summed E-state index contributed by atoms with van der Waals surface area (Å²) in [5.41, 5.74) is -1.77. The standard InChI is InChI=1S/C24H33FO5/c1-21(2)29-19-10-15-13-9-16(25)14-7-5-6-8-22(14,3)20(13)17(27)11-23(15,4)24(19,30-21)18(28)12-26/h6-8,13,15-17,19-20,26-27H,5,9-12H2,1-4H3/t13-,15-,16-,17-,19+,20+,22-,23-,24+/m0/s1. The van der Waals surface area contributed by atoms with Crippen molar-refractivity contribution in [3.8, 4) is 0 Å². The number of ether oxygens (including phenoxy) is 2. The van der Waals surface area contributed by atoms with E-state index in [1.807, 2.05) is 19.9 Å². The lowest BCUT2D eigenvalue weighted by Crippen LogP contribution is -2.64. The number of hydrogen-bond donors (Lipinski definition) is 2. The number of carbonyl (C=O) groups excluding carboxylic acids is 1. The highest BCUT2D eigenvalue weighted by molar-refractivity contribution is 5.91. The van der Waals surface area contributed by atoms with Crippen molar-refractivity contribution in [1.29, 1.82) is 0 Å². The fraction of sp³-hybridized carbons (Fsp3) is 0.792. The SMILES string of the molecule is CC1(C)O[C@@H]2C[C@H]3[C@@H]4C[C@H](F)C5=CCC=C[C@]5(C)[C@H]4[C@@H](O)C[C@]3(C)[C@]2(C(=O)CO)O1. The molecular weight excluding hydrogens is 387 g/mol. The van der Waals surface area contributed by atoms with Crippen LogP contribution in [0, 0.1) is 28.6 Å². The molecule has 0 radical (unpaired) electrons. The van der Waals surface area contributed by atoms with Crippen LogP contribution in [-0.4, -0.2) is 52.4 Å². The number of aliphatic hydroxyl groups is 2. The predicted molar refractivity (Wildman–Crippen MR) is 108 cm³/mol. The van der Waals surface area contributed by atoms with Crippen molar-refractivity contribution in [3.05, 3.63) is 23.8 Å². The Morgan fingerprint density at radius 1 is 1.27 bits per heavy atom. The number of aliphatic hydroxyl groups excluding tert-OH is 2. The van der Waals surface area contributed by atoms with Crippen LogP contribution in [-0.2, 0) is 14.3 Å². The highest BCUT2D eigenvalue weighted by Gasteiger charge is 2.77. The number of ketones is 1. The summed E-state index contributed by atoms with van der Waals surface area (Å²) in [6, 6.07) is 0. The molecule has 3 saturated carbocycles. The van der Waals surface area contributed by atoms with Gasteiger partial charge in [0.2, 0.25) is 0 Å². The van der Waals surface area contributed by atoms with Crippen molar-refractivity contribution < 1.29 is 28.9 Å². The first kappa shape index (κ1) is 20.8. The monoisotopic (exact) mass is 420 g/mol. The topological polar surface area (TPSA) is 76.0 Å². The largest absolute Gasteiger partial charge is 0.393 e. The summed E-state index contributed by atoms with van der Waals surface area (Å²) in [6.07, 6.45) is 5.89. The maximum absolute atomic E-state index is 15.4. The molecule has 0 bridgehead atoms. The van der Waals surface area contributed by atoms with E-state index >= 15 is 4.39 Å². The van der Waals surface area contributed by atoms with Crippen molar-refractivity contribution in [3.63, 3.8) is 0 Å². The molecule has 0 amide bonds. The summed E-state index contributed by atoms with van der Waals surface area (Å²) in [4.78, 5) is 13.2. The Balaban J connectivity index is 1.62. The van der Waals surface area contributed by atoms with Gasteiger partial charge in [-0.1, -0.05) is 32.1 Å². The fourth-order valence-corrected chi connectivity index (χ4v) is 8.20. The molecule has 9 atom stereocenters. The second-order valence-electron chi connectivity index (χ2n) is 10.9. The van der Waals surface area contributed by atoms with Gasteiger partial charge in [0.1, 0.15) is 12.8 Å². The smallest absolute Gasteiger partial charge is 0.193 e. The second kappa shape index (κ2) is 6.25. The molecule has 1 heterocycles. The van der Waals surface area contributed by atoms with Gasteiger partial charge in [-0.2, -0.15) is 0 Å². The van der Waals surface area contributed by atoms with Crippen molar-refractivity contribution >= 4 is 5.78 Å². The predicted octanol–water partition coefficient (Wildman–Crippen LogP) is 3.10. The highest BCUT2D eigenvalue weighted by atomic mass is 19.1. The minimum Gasteiger partial charge on any atom is -0.393 e. The quantitative estimate of drug-likeness (QED) is 0.672. The molecule has 6 heteroatoms. The molecular formula is C24H33FO5. The lowest BCUT2D eigenvalue weighted by atomic mass is 9.46. The van der Waals surface area contributed by atoms with E-state index in [0.29, 0.717) is 19.3 Å². The first-order valence-electron chi connectivity index (χ1n) is 11.2. The summed E-state index contributed by atoms with van der Waals surface area (Å²) >= 11 is 0. The minimum absolute atomic E-state index is 0.0329. The molecule has 0 aromatic carbocycles. The molecule has 4 aliphatic carbocycles. The van der Waals surface area contributed by atoms with Crippen LogP contribution in [0.5, 0.6) is 0 Å². The number of allylic oxidation sites excluding steroid dienone is 4. The molecule has 0 unspecified atom stereocenters. The van der Waals surface area contributed by atoms with Crippen LogP contribution < -0.4 is 0 Å². The third-order valence-corrected chi connectivity index (χ3v) is 9.07. The molecule has 4 fully saturated rings. The van der Waals surface area contributed by atoms with Crippen molar-refractivity contribution in [2.75, 3.05) is 6.61 Å². The molecule has 5 nitrogen and oxygen atoms in total. The Kier molecular flexibility index (Phi) is 4.33. The molecule has 0 aromatic rings. The summed E-state index contributed by atoms with van der Waals surface area (Å²) < 4.78 is 27.9. The number of fused-ring (bicyclic) bond motifs is 7. The molecule has 0 spiro atoms. The van der Waals surface area contributed by atoms with Gasteiger partial charge in [-0.3, -0.25) is 4.79 Å². The molecule has 0 aromatic heterocycles. The lowest BCUT2D eigenvalue weighted by molar-refractivity contribution is -0.226. The molecule has 166 valence electrons. The summed E-state index contributed by atoms with van der Waals surface area (Å²) in [5, 5.41) is 21.3. The Hall–Kier alpha value is -1.08. The maximum atomic E-state index is 15.4. The van der Waals surface area contributed by atoms with Gasteiger partial charge in [0.15, 0.2) is 17.2 Å². The number of carbonyl (C=O) groups is 1. The van der Waals surface area contributed by atoms with Crippen LogP contribution in [0.4, 0.5) is 4.39 Å². The third kappa shape index (κ3) is 2.34. The highest BCUT2D eigenvalue weighted by Crippen LogP contribution is 2.70. The van der Waals surface area contributed by atoms with Crippen LogP contribution in [0.1, 0.15) is 53.4 Å². The van der Waals surface area contributed by atoms with E-state index in [9.17, 15) is 15.0 Å². The van der Waals surface area contributed by atoms with Gasteiger partial charge in [-0.25, -0.2) is 4.39 Å². The van der Waals surface area contributed by atoms with Gasteiger partial charge in [0.25, 0.3) is 0 Å². The Labute approximate surface area is 177 Å². The molecule has 30 heavy (non-hydrogen) atoms. The Bertz CT molecular complexity index is 835. The van der Waals surface area contributed by atoms with E-state index in [-0.39, 0.29) is 17.8 Å². The van der Waals surface area contributed by atoms with Crippen LogP contribution in [0.15, 0.2) is 23.8 Å². The molecule has 5 rings (SSSR count). The van der Waals surface area contributed by atoms with Gasteiger partial charge in [0.05, 0.1) is 12.2 Å². The average molecular weight is 421 g/mol. The van der Waals surface area contributed by atoms with Crippen LogP contribution in [0.2, 0.25) is 0 Å². The van der Waals surface area contributed by atoms with Crippen LogP contribution in [0.25, 0.3) is 0 Å². The van der Waals surface area contributed by atoms with Crippen molar-refractivity contribution in [2.45, 2.75) is 83.1 Å². The maximum Gasteiger partial charge on any atom is 0.193 e. The normalized spacial score (nSPS) is 53.4. The van der Waals surface area contributed by atoms with Crippen molar-refractivity contribution in [2.24, 2.45) is 28.6 Å². The average Bonchev–Trinajstić information content (AvgIpc) is 3.07. The minimum atomic E-state index is -1.31. The van der Waals surface area contributed by atoms with Gasteiger partial charge in [-0.05, 0) is 56.9 Å². The number of Topliss-reactive ketones (excluding diaryl/α,β-unsaturated/α-hetero) is 1. The van der Waals surface area contributed by atoms with E-state index in [2.05, 4.69) is 12.2 Å². The van der Waals surface area contributed by atoms with E-state index < -0.39 is 53.0 Å². The van der Waals surface area contributed by atoms with Crippen LogP contribution >= 0.6 is 0 Å². The first-order valence-corrected chi connectivity index (χ1v) is 11.2. The zero-order chi connectivity index (χ0) is 21.7. The number of alkyl halides is 1. The Morgan fingerprint density at radius 3 is 2.70 bits per heavy atom. The fourth-order valence-electron chi connectivity index (χ4n) is 8.20. The molecule has 5 aliphatic rings. The van der Waals surface area contributed by atoms with Gasteiger partial charge in [0, 0.05) is 16.7 Å². The van der Waals surface area contributed by atoms with E-state index in [1.165, 1.54) is 0 Å². The van der Waals surface area contributed by atoms with Gasteiger partial charge < -0.3 is 19.7 Å². The third-order valence-electron chi connectivity index (χ3n) is 9.07. The Morgan fingerprint density at radius 2 is 2.00 bits per heavy atom. The summed E-state index contributed by atoms with van der Waals surface area (Å²) in [6.45, 7) is 6.95. The first-order chi connectivity index (χ1) is 14.0. The van der Waals surface area contributed by atoms with Gasteiger partial charge in [-0.15, -0.1) is 0 Å². The van der Waals surface area contributed by atoms with E-state index in [0.717, 1.165) is 12.0 Å². The molecule has 1 aliphatic heterocycles. The number of hydrogen-bond acceptors (Lipinski definition) is 5. The van der Waals surface area contributed by atoms with Crippen molar-refractivity contribution in [1.82, 2.24) is 0 Å². The van der Waals surface area contributed by atoms with Crippen LogP contribution in [0.3, 0.4) is 0 Å².